The SMILES string of the molecule is CCN1C=CC(=CC=C(C=Cc2cc[n+](CC)cc2)c2cc[n+](CC)c3ccccc23)c2ccccc21.I.I. The van der Waals surface area contributed by atoms with Gasteiger partial charge in [0.1, 0.15) is 13.1 Å². The van der Waals surface area contributed by atoms with Gasteiger partial charge in [-0.15, -0.1) is 48.0 Å². The fourth-order valence-electron chi connectivity index (χ4n) is 4.94. The zero-order valence-corrected chi connectivity index (χ0v) is 27.5. The number of nitrogens with zero attached hydrogens (tertiary/aromatic N) is 3. The molecule has 1 aliphatic heterocycles. The molecule has 0 aliphatic carbocycles. The van der Waals surface area contributed by atoms with Crippen LogP contribution in [0.15, 0.2) is 116 Å². The number of fused-ring (bicyclic) bond motifs is 2. The first kappa shape index (κ1) is 30.8. The molecule has 0 unspecified atom stereocenters. The number of pyridine rings is 2. The van der Waals surface area contributed by atoms with Gasteiger partial charge in [-0.25, -0.2) is 4.57 Å². The predicted molar refractivity (Wildman–Crippen MR) is 187 cm³/mol. The van der Waals surface area contributed by atoms with E-state index in [1.165, 1.54) is 44.4 Å². The lowest BCUT2D eigenvalue weighted by atomic mass is 9.96. The van der Waals surface area contributed by atoms with Crippen molar-refractivity contribution < 1.29 is 9.13 Å². The zero-order valence-electron chi connectivity index (χ0n) is 22.8. The molecule has 0 amide bonds. The second kappa shape index (κ2) is 14.6. The predicted octanol–water partition coefficient (Wildman–Crippen LogP) is 8.22. The molecule has 5 rings (SSSR count). The van der Waals surface area contributed by atoms with Crippen LogP contribution in [-0.2, 0) is 13.1 Å². The van der Waals surface area contributed by atoms with Gasteiger partial charge in [0.15, 0.2) is 18.6 Å². The van der Waals surface area contributed by atoms with Gasteiger partial charge < -0.3 is 4.90 Å². The highest BCUT2D eigenvalue weighted by atomic mass is 127. The average molecular weight is 741 g/mol. The molecule has 2 aromatic carbocycles. The van der Waals surface area contributed by atoms with Crippen molar-refractivity contribution in [1.82, 2.24) is 0 Å². The van der Waals surface area contributed by atoms with Crippen LogP contribution in [0.3, 0.4) is 0 Å². The third kappa shape index (κ3) is 6.87. The minimum atomic E-state index is 0. The van der Waals surface area contributed by atoms with E-state index in [9.17, 15) is 0 Å². The zero-order chi connectivity index (χ0) is 25.6. The van der Waals surface area contributed by atoms with E-state index in [0.717, 1.165) is 19.6 Å². The van der Waals surface area contributed by atoms with Crippen molar-refractivity contribution in [1.29, 1.82) is 0 Å². The fourth-order valence-corrected chi connectivity index (χ4v) is 4.94. The number of halogens is 2. The van der Waals surface area contributed by atoms with E-state index >= 15 is 0 Å². The second-order valence-electron chi connectivity index (χ2n) is 9.19. The van der Waals surface area contributed by atoms with E-state index in [4.69, 9.17) is 0 Å². The van der Waals surface area contributed by atoms with Crippen molar-refractivity contribution in [2.45, 2.75) is 33.9 Å². The Hall–Kier alpha value is -2.78. The molecule has 4 aromatic rings. The van der Waals surface area contributed by atoms with Gasteiger partial charge in [0.05, 0.1) is 5.39 Å². The highest BCUT2D eigenvalue weighted by molar-refractivity contribution is 14.0. The van der Waals surface area contributed by atoms with E-state index in [0.29, 0.717) is 0 Å². The van der Waals surface area contributed by atoms with E-state index in [1.807, 2.05) is 0 Å². The number of hydrogen-bond donors (Lipinski definition) is 0. The van der Waals surface area contributed by atoms with Gasteiger partial charge >= 0.3 is 0 Å². The number of anilines is 1. The molecule has 3 nitrogen and oxygen atoms in total. The summed E-state index contributed by atoms with van der Waals surface area (Å²) >= 11 is 0. The second-order valence-corrected chi connectivity index (χ2v) is 9.19. The molecule has 3 heterocycles. The van der Waals surface area contributed by atoms with Crippen LogP contribution in [0, 0.1) is 0 Å². The number of hydrogen-bond acceptors (Lipinski definition) is 1. The largest absolute Gasteiger partial charge is 0.348 e. The van der Waals surface area contributed by atoms with Crippen LogP contribution >= 0.6 is 48.0 Å². The summed E-state index contributed by atoms with van der Waals surface area (Å²) in [7, 11) is 0. The summed E-state index contributed by atoms with van der Waals surface area (Å²) in [5, 5.41) is 1.26. The van der Waals surface area contributed by atoms with Gasteiger partial charge in [-0.05, 0) is 55.7 Å². The minimum Gasteiger partial charge on any atom is -0.348 e. The maximum atomic E-state index is 2.30. The molecule has 0 N–H and O–H groups in total. The van der Waals surface area contributed by atoms with Gasteiger partial charge in [0.25, 0.3) is 0 Å². The fraction of sp³-hybridized carbons (Fsp3) is 0.176. The van der Waals surface area contributed by atoms with Gasteiger partial charge in [0, 0.05) is 53.8 Å². The summed E-state index contributed by atoms with van der Waals surface area (Å²) in [5.41, 5.74) is 8.60. The standard InChI is InChI=1S/C34H35N3.2HI/c1-4-35-23-19-27(20-24-35)15-16-28(30-22-26-37(6-3)34-14-10-8-12-32(30)34)17-18-29-21-25-36(5-2)33-13-9-7-11-31(29)33;;/h7-26H,4-6H2,1-3H3;2*1H/q+2;;. The number of aromatic nitrogens is 2. The maximum absolute atomic E-state index is 2.30. The molecule has 0 spiro atoms. The first-order valence-corrected chi connectivity index (χ1v) is 13.3. The van der Waals surface area contributed by atoms with Crippen LogP contribution in [0.25, 0.3) is 28.1 Å². The molecular formula is C34H37I2N3+2. The van der Waals surface area contributed by atoms with Crippen LogP contribution in [0.5, 0.6) is 0 Å². The molecule has 0 fully saturated rings. The van der Waals surface area contributed by atoms with Gasteiger partial charge in [-0.2, -0.15) is 4.57 Å². The van der Waals surface area contributed by atoms with Crippen LogP contribution < -0.4 is 14.0 Å². The normalized spacial score (nSPS) is 13.9. The summed E-state index contributed by atoms with van der Waals surface area (Å²) in [5.74, 6) is 0. The lowest BCUT2D eigenvalue weighted by Gasteiger charge is -2.26. The Bertz CT molecular complexity index is 1530. The lowest BCUT2D eigenvalue weighted by Crippen LogP contribution is -2.32. The van der Waals surface area contributed by atoms with Gasteiger partial charge in [-0.3, -0.25) is 0 Å². The van der Waals surface area contributed by atoms with Crippen LogP contribution in [0.2, 0.25) is 0 Å². The van der Waals surface area contributed by atoms with E-state index in [2.05, 4.69) is 157 Å². The molecule has 0 radical (unpaired) electrons. The molecule has 0 saturated heterocycles. The summed E-state index contributed by atoms with van der Waals surface area (Å²) in [6.07, 6.45) is 19.9. The topological polar surface area (TPSA) is 11.0 Å². The molecule has 0 bridgehead atoms. The highest BCUT2D eigenvalue weighted by Gasteiger charge is 2.15. The molecule has 0 atom stereocenters. The number of para-hydroxylation sites is 2. The van der Waals surface area contributed by atoms with Crippen LogP contribution in [0.1, 0.15) is 37.5 Å². The Labute approximate surface area is 266 Å². The van der Waals surface area contributed by atoms with Crippen molar-refractivity contribution in [2.24, 2.45) is 0 Å². The summed E-state index contributed by atoms with van der Waals surface area (Å²) in [6, 6.07) is 23.9. The van der Waals surface area contributed by atoms with Gasteiger partial charge in [0.2, 0.25) is 5.52 Å². The Balaban J connectivity index is 0.00000210. The number of aryl methyl sites for hydroxylation is 2. The summed E-state index contributed by atoms with van der Waals surface area (Å²) < 4.78 is 4.48. The highest BCUT2D eigenvalue weighted by Crippen LogP contribution is 2.33. The number of rotatable bonds is 7. The summed E-state index contributed by atoms with van der Waals surface area (Å²) in [4.78, 5) is 2.30. The average Bonchev–Trinajstić information content (AvgIpc) is 2.97. The Morgan fingerprint density at radius 1 is 0.821 bits per heavy atom. The van der Waals surface area contributed by atoms with Gasteiger partial charge in [-0.1, -0.05) is 54.6 Å². The van der Waals surface area contributed by atoms with E-state index in [-0.39, 0.29) is 48.0 Å². The first-order valence-electron chi connectivity index (χ1n) is 13.3. The van der Waals surface area contributed by atoms with Crippen LogP contribution in [-0.4, -0.2) is 6.54 Å². The Morgan fingerprint density at radius 2 is 1.56 bits per heavy atom. The van der Waals surface area contributed by atoms with Crippen molar-refractivity contribution in [3.8, 4) is 0 Å². The van der Waals surface area contributed by atoms with E-state index < -0.39 is 0 Å². The van der Waals surface area contributed by atoms with E-state index in [1.54, 1.807) is 0 Å². The Morgan fingerprint density at radius 3 is 2.31 bits per heavy atom. The lowest BCUT2D eigenvalue weighted by molar-refractivity contribution is -0.693. The van der Waals surface area contributed by atoms with Crippen LogP contribution in [0.4, 0.5) is 5.69 Å². The molecule has 39 heavy (non-hydrogen) atoms. The maximum Gasteiger partial charge on any atom is 0.213 e. The quantitative estimate of drug-likeness (QED) is 0.106. The molecule has 0 saturated carbocycles. The first-order chi connectivity index (χ1) is 18.2. The van der Waals surface area contributed by atoms with Crippen molar-refractivity contribution in [3.05, 3.63) is 133 Å². The number of allylic oxidation sites excluding steroid dienone is 6. The minimum absolute atomic E-state index is 0. The van der Waals surface area contributed by atoms with Crippen molar-refractivity contribution in [3.63, 3.8) is 0 Å². The third-order valence-electron chi connectivity index (χ3n) is 7.06. The summed E-state index contributed by atoms with van der Waals surface area (Å²) in [6.45, 7) is 9.40. The van der Waals surface area contributed by atoms with Crippen molar-refractivity contribution in [2.75, 3.05) is 11.4 Å². The molecule has 200 valence electrons. The Kier molecular flexibility index (Phi) is 11.5. The van der Waals surface area contributed by atoms with Crippen molar-refractivity contribution >= 4 is 81.8 Å². The number of benzene rings is 2. The molecule has 2 aromatic heterocycles. The monoisotopic (exact) mass is 741 g/mol. The third-order valence-corrected chi connectivity index (χ3v) is 7.06. The molecular weight excluding hydrogens is 704 g/mol. The molecule has 5 heteroatoms. The smallest absolute Gasteiger partial charge is 0.213 e. The molecule has 1 aliphatic rings.